The van der Waals surface area contributed by atoms with Gasteiger partial charge in [-0.2, -0.15) is 0 Å². The third-order valence-corrected chi connectivity index (χ3v) is 19.2. The Kier molecular flexibility index (Phi) is 6.71. The minimum atomic E-state index is -2.50. The van der Waals surface area contributed by atoms with Gasteiger partial charge in [-0.15, -0.1) is 0 Å². The summed E-state index contributed by atoms with van der Waals surface area (Å²) in [6.45, 7) is 4.72. The van der Waals surface area contributed by atoms with E-state index in [1.807, 2.05) is 0 Å². The Hall–Kier alpha value is 0.679. The van der Waals surface area contributed by atoms with E-state index in [0.717, 1.165) is 3.93 Å². The first-order chi connectivity index (χ1) is 6.81. The molecule has 0 aliphatic rings. The molecule has 0 N–H and O–H groups in total. The molecule has 3 nitrogen and oxygen atoms in total. The van der Waals surface area contributed by atoms with Crippen molar-refractivity contribution in [2.45, 2.75) is 30.6 Å². The van der Waals surface area contributed by atoms with Crippen LogP contribution in [0.15, 0.2) is 0 Å². The molecule has 0 aromatic heterocycles. The first-order valence-electron chi connectivity index (χ1n) is 5.84. The van der Waals surface area contributed by atoms with Gasteiger partial charge in [-0.05, 0) is 0 Å². The fraction of sp³-hybridized carbons (Fsp3) is 1.00. The van der Waals surface area contributed by atoms with Crippen molar-refractivity contribution in [3.8, 4) is 0 Å². The average molecular weight is 322 g/mol. The molecule has 0 aromatic carbocycles. The van der Waals surface area contributed by atoms with Crippen molar-refractivity contribution in [2.24, 2.45) is 0 Å². The van der Waals surface area contributed by atoms with E-state index in [-0.39, 0.29) is 0 Å². The summed E-state index contributed by atoms with van der Waals surface area (Å²) in [6.07, 6.45) is 2.62. The monoisotopic (exact) mass is 323 g/mol. The molecule has 0 aliphatic heterocycles. The van der Waals surface area contributed by atoms with Crippen molar-refractivity contribution >= 4 is 19.2 Å². The van der Waals surface area contributed by atoms with Crippen LogP contribution in [0.3, 0.4) is 0 Å². The SMILES string of the molecule is CCC[CH](C)[Sn]([N](C)C)([N](C)C)[N](C)C. The second-order valence-electron chi connectivity index (χ2n) is 5.06. The van der Waals surface area contributed by atoms with Crippen molar-refractivity contribution in [3.63, 3.8) is 0 Å². The standard InChI is InChI=1S/C5H11.3C2H6N.Sn/c1-3-5-4-2;3*1-3-2;/h3H,4-5H2,1-2H3;3*1-2H3;/q;3*-1;+3. The summed E-state index contributed by atoms with van der Waals surface area (Å²) in [5, 5.41) is 0. The van der Waals surface area contributed by atoms with Gasteiger partial charge in [0, 0.05) is 0 Å². The van der Waals surface area contributed by atoms with Crippen LogP contribution in [0.25, 0.3) is 0 Å². The van der Waals surface area contributed by atoms with E-state index < -0.39 is 19.2 Å². The molecule has 15 heavy (non-hydrogen) atoms. The second-order valence-corrected chi connectivity index (χ2v) is 19.5. The number of hydrogen-bond donors (Lipinski definition) is 0. The number of nitrogens with zero attached hydrogens (tertiary/aromatic N) is 3. The van der Waals surface area contributed by atoms with Gasteiger partial charge < -0.3 is 0 Å². The number of hydrogen-bond acceptors (Lipinski definition) is 3. The molecule has 0 saturated carbocycles. The van der Waals surface area contributed by atoms with Gasteiger partial charge in [-0.1, -0.05) is 0 Å². The fourth-order valence-electron chi connectivity index (χ4n) is 3.15. The summed E-state index contributed by atoms with van der Waals surface area (Å²) in [5.74, 6) is 0. The molecule has 0 saturated heterocycles. The van der Waals surface area contributed by atoms with Gasteiger partial charge in [-0.3, -0.25) is 0 Å². The Morgan fingerprint density at radius 3 is 1.40 bits per heavy atom. The molecular weight excluding hydrogens is 293 g/mol. The van der Waals surface area contributed by atoms with Crippen LogP contribution in [-0.2, 0) is 0 Å². The summed E-state index contributed by atoms with van der Waals surface area (Å²) in [4.78, 5) is 0. The Balaban J connectivity index is 5.12. The van der Waals surface area contributed by atoms with Crippen LogP contribution in [0.2, 0.25) is 3.93 Å². The maximum atomic E-state index is 2.52. The van der Waals surface area contributed by atoms with E-state index >= 15 is 0 Å². The Morgan fingerprint density at radius 2 is 1.20 bits per heavy atom. The molecule has 0 rings (SSSR count). The summed E-state index contributed by atoms with van der Waals surface area (Å²) in [7, 11) is 13.5. The summed E-state index contributed by atoms with van der Waals surface area (Å²) < 4.78 is 8.39. The molecule has 0 heterocycles. The van der Waals surface area contributed by atoms with Crippen LogP contribution in [0.5, 0.6) is 0 Å². The van der Waals surface area contributed by atoms with Gasteiger partial charge in [0.25, 0.3) is 0 Å². The first-order valence-corrected chi connectivity index (χ1v) is 11.3. The zero-order valence-electron chi connectivity index (χ0n) is 11.8. The Labute approximate surface area is 101 Å². The van der Waals surface area contributed by atoms with Gasteiger partial charge >= 0.3 is 101 Å². The third-order valence-electron chi connectivity index (χ3n) is 3.36. The minimum absolute atomic E-state index is 0.823. The molecule has 0 fully saturated rings. The van der Waals surface area contributed by atoms with Gasteiger partial charge in [0.05, 0.1) is 0 Å². The molecule has 0 radical (unpaired) electrons. The first kappa shape index (κ1) is 15.7. The van der Waals surface area contributed by atoms with Crippen molar-refractivity contribution < 1.29 is 0 Å². The van der Waals surface area contributed by atoms with E-state index in [1.165, 1.54) is 12.8 Å². The number of rotatable bonds is 6. The van der Waals surface area contributed by atoms with Gasteiger partial charge in [0.15, 0.2) is 0 Å². The average Bonchev–Trinajstić information content (AvgIpc) is 2.02. The summed E-state index contributed by atoms with van der Waals surface area (Å²) in [5.41, 5.74) is 0. The molecular formula is C11H29N3Sn. The van der Waals surface area contributed by atoms with Gasteiger partial charge in [0.1, 0.15) is 0 Å². The van der Waals surface area contributed by atoms with Crippen molar-refractivity contribution in [1.29, 1.82) is 0 Å². The second kappa shape index (κ2) is 6.42. The van der Waals surface area contributed by atoms with Crippen LogP contribution in [0, 0.1) is 0 Å². The predicted octanol–water partition coefficient (Wildman–Crippen LogP) is 1.80. The van der Waals surface area contributed by atoms with E-state index in [9.17, 15) is 0 Å². The topological polar surface area (TPSA) is 9.72 Å². The third kappa shape index (κ3) is 3.08. The van der Waals surface area contributed by atoms with E-state index in [4.69, 9.17) is 0 Å². The fourth-order valence-corrected chi connectivity index (χ4v) is 19.5. The van der Waals surface area contributed by atoms with Gasteiger partial charge in [0.2, 0.25) is 0 Å². The van der Waals surface area contributed by atoms with Crippen LogP contribution in [0.4, 0.5) is 0 Å². The zero-order chi connectivity index (χ0) is 12.2. The maximum absolute atomic E-state index is 2.52. The van der Waals surface area contributed by atoms with Crippen molar-refractivity contribution in [3.05, 3.63) is 0 Å². The summed E-state index contributed by atoms with van der Waals surface area (Å²) in [6, 6.07) is 0. The quantitative estimate of drug-likeness (QED) is 0.691. The van der Waals surface area contributed by atoms with Crippen molar-refractivity contribution in [1.82, 2.24) is 9.36 Å². The molecule has 0 aliphatic carbocycles. The molecule has 1 unspecified atom stereocenters. The molecule has 4 heteroatoms. The molecule has 1 atom stereocenters. The Bertz CT molecular complexity index is 159. The predicted molar refractivity (Wildman–Crippen MR) is 71.1 cm³/mol. The van der Waals surface area contributed by atoms with Crippen LogP contribution < -0.4 is 0 Å². The van der Waals surface area contributed by atoms with Crippen LogP contribution >= 0.6 is 0 Å². The zero-order valence-corrected chi connectivity index (χ0v) is 14.7. The van der Waals surface area contributed by atoms with E-state index in [2.05, 4.69) is 65.5 Å². The van der Waals surface area contributed by atoms with Crippen molar-refractivity contribution in [2.75, 3.05) is 42.3 Å². The molecule has 0 bridgehead atoms. The Morgan fingerprint density at radius 1 is 0.867 bits per heavy atom. The van der Waals surface area contributed by atoms with E-state index in [0.29, 0.717) is 0 Å². The van der Waals surface area contributed by atoms with E-state index in [1.54, 1.807) is 0 Å². The summed E-state index contributed by atoms with van der Waals surface area (Å²) >= 11 is -2.50. The molecule has 0 amide bonds. The van der Waals surface area contributed by atoms with Gasteiger partial charge in [-0.25, -0.2) is 0 Å². The molecule has 0 spiro atoms. The molecule has 92 valence electrons. The normalized spacial score (nSPS) is 15.4. The van der Waals surface area contributed by atoms with Crippen LogP contribution in [0.1, 0.15) is 26.7 Å². The molecule has 0 aromatic rings. The van der Waals surface area contributed by atoms with Crippen LogP contribution in [-0.4, -0.2) is 70.8 Å².